The van der Waals surface area contributed by atoms with Crippen LogP contribution in [0.3, 0.4) is 0 Å². The van der Waals surface area contributed by atoms with Gasteiger partial charge in [-0.05, 0) is 101 Å². The third-order valence-corrected chi connectivity index (χ3v) is 8.57. The molecular weight excluding hydrogens is 806 g/mol. The van der Waals surface area contributed by atoms with Crippen LogP contribution in [0.5, 0.6) is 0 Å². The maximum atomic E-state index is 13.0. The Hall–Kier alpha value is -3.43. The first kappa shape index (κ1) is 44.7. The van der Waals surface area contributed by atoms with Crippen LogP contribution in [0.2, 0.25) is 0 Å². The zero-order chi connectivity index (χ0) is 36.9. The monoisotopic (exact) mass is 848 g/mol. The number of carbonyl (C=O) groups excluding carboxylic acids is 4. The molecule has 0 aliphatic carbocycles. The molecular formula is C40H42N6O4Y2-2. The van der Waals surface area contributed by atoms with Crippen LogP contribution in [0, 0.1) is 67.5 Å². The number of hydrogen-bond donors (Lipinski definition) is 2. The van der Waals surface area contributed by atoms with Crippen LogP contribution in [-0.4, -0.2) is 35.5 Å². The molecule has 0 spiro atoms. The Bertz CT molecular complexity index is 1930. The van der Waals surface area contributed by atoms with E-state index in [0.717, 1.165) is 55.6 Å². The molecule has 4 rings (SSSR count). The molecule has 0 saturated heterocycles. The summed E-state index contributed by atoms with van der Waals surface area (Å²) in [7, 11) is 0. The van der Waals surface area contributed by atoms with Crippen molar-refractivity contribution in [1.29, 1.82) is 0 Å². The standard InChI is InChI=1S/C40H42N6O4.2Y/c1-21-15-25(5)35(19-23(21)3)41-39(49)37(29(9)47)45-43-33-13-11-31(17-27(33)7)32-12-14-34(28(8)18-32)44-46-38(30(10)48)40(50)42-36-20-24(4)22(2)16-26(36)6;;/h13-20,37-38H,1-10H3,(H,41,49)(H,42,50);;/q-2;;. The molecule has 2 radical (unpaired) electrons. The Kier molecular flexibility index (Phi) is 16.8. The number of azo groups is 2. The van der Waals surface area contributed by atoms with Crippen molar-refractivity contribution in [1.82, 2.24) is 0 Å². The summed E-state index contributed by atoms with van der Waals surface area (Å²) in [4.78, 5) is 50.8. The van der Waals surface area contributed by atoms with Gasteiger partial charge in [-0.3, -0.25) is 19.2 Å². The summed E-state index contributed by atoms with van der Waals surface area (Å²) in [5, 5.41) is 22.3. The van der Waals surface area contributed by atoms with E-state index in [9.17, 15) is 19.2 Å². The van der Waals surface area contributed by atoms with E-state index in [0.29, 0.717) is 22.7 Å². The van der Waals surface area contributed by atoms with Gasteiger partial charge >= 0.3 is 0 Å². The summed E-state index contributed by atoms with van der Waals surface area (Å²) >= 11 is 0. The van der Waals surface area contributed by atoms with Crippen molar-refractivity contribution in [3.63, 3.8) is 0 Å². The van der Waals surface area contributed by atoms with Crippen molar-refractivity contribution in [2.75, 3.05) is 10.6 Å². The number of aryl methyl sites for hydroxylation is 8. The Morgan fingerprint density at radius 3 is 1.13 bits per heavy atom. The maximum absolute atomic E-state index is 13.0. The quantitative estimate of drug-likeness (QED) is 0.0885. The van der Waals surface area contributed by atoms with Gasteiger partial charge in [0.1, 0.15) is 0 Å². The second kappa shape index (κ2) is 19.6. The predicted octanol–water partition coefficient (Wildman–Crippen LogP) is 8.78. The first-order chi connectivity index (χ1) is 23.5. The molecule has 2 amide bonds. The number of amides is 2. The number of nitrogens with one attached hydrogen (secondary N) is 2. The number of nitrogens with zero attached hydrogens (tertiary/aromatic N) is 4. The molecule has 0 aliphatic heterocycles. The van der Waals surface area contributed by atoms with Crippen molar-refractivity contribution in [3.05, 3.63) is 105 Å². The van der Waals surface area contributed by atoms with Gasteiger partial charge in [-0.15, -0.1) is 23.3 Å². The number of ketones is 2. The molecule has 2 unspecified atom stereocenters. The van der Waals surface area contributed by atoms with Crippen LogP contribution >= 0.6 is 0 Å². The minimum Gasteiger partial charge on any atom is -0.324 e. The van der Waals surface area contributed by atoms with E-state index < -0.39 is 35.5 Å². The normalized spacial score (nSPS) is 12.1. The first-order valence-electron chi connectivity index (χ1n) is 16.2. The van der Waals surface area contributed by atoms with Crippen LogP contribution < -0.4 is 10.6 Å². The van der Waals surface area contributed by atoms with Crippen LogP contribution in [-0.2, 0) is 84.6 Å². The molecule has 0 saturated carbocycles. The van der Waals surface area contributed by atoms with Gasteiger partial charge in [0, 0.05) is 88.2 Å². The molecule has 52 heavy (non-hydrogen) atoms. The van der Waals surface area contributed by atoms with Crippen LogP contribution in [0.1, 0.15) is 58.4 Å². The number of Topliss-reactive ketones (excluding diaryl/α,β-unsaturated/α-hetero) is 2. The Morgan fingerprint density at radius 1 is 0.500 bits per heavy atom. The van der Waals surface area contributed by atoms with E-state index >= 15 is 0 Å². The van der Waals surface area contributed by atoms with Crippen molar-refractivity contribution in [3.8, 4) is 11.1 Å². The van der Waals surface area contributed by atoms with Crippen molar-refractivity contribution < 1.29 is 84.6 Å². The van der Waals surface area contributed by atoms with E-state index in [1.54, 1.807) is 12.1 Å². The molecule has 4 aromatic rings. The van der Waals surface area contributed by atoms with Crippen molar-refractivity contribution in [2.45, 2.75) is 81.3 Å². The molecule has 2 N–H and O–H groups in total. The van der Waals surface area contributed by atoms with E-state index in [4.69, 9.17) is 0 Å². The molecule has 10 nitrogen and oxygen atoms in total. The van der Waals surface area contributed by atoms with Crippen LogP contribution in [0.4, 0.5) is 22.7 Å². The van der Waals surface area contributed by atoms with Gasteiger partial charge in [-0.1, -0.05) is 26.0 Å². The molecule has 12 heteroatoms. The molecule has 0 fully saturated rings. The third kappa shape index (κ3) is 11.3. The average Bonchev–Trinajstić information content (AvgIpc) is 3.03. The maximum Gasteiger partial charge on any atom is 0.258 e. The van der Waals surface area contributed by atoms with Gasteiger partial charge < -0.3 is 10.6 Å². The average molecular weight is 849 g/mol. The van der Waals surface area contributed by atoms with Crippen LogP contribution in [0.25, 0.3) is 11.1 Å². The molecule has 0 aromatic heterocycles. The Balaban J connectivity index is 0.00000468. The summed E-state index contributed by atoms with van der Waals surface area (Å²) in [6, 6.07) is 18.4. The van der Waals surface area contributed by atoms with Gasteiger partial charge in [0.15, 0.2) is 11.6 Å². The van der Waals surface area contributed by atoms with Gasteiger partial charge in [-0.2, -0.15) is 34.5 Å². The second-order valence-electron chi connectivity index (χ2n) is 12.8. The van der Waals surface area contributed by atoms with Gasteiger partial charge in [0.05, 0.1) is 0 Å². The van der Waals surface area contributed by atoms with E-state index in [-0.39, 0.29) is 65.4 Å². The number of anilines is 2. The first-order valence-corrected chi connectivity index (χ1v) is 16.2. The largest absolute Gasteiger partial charge is 0.324 e. The molecule has 264 valence electrons. The summed E-state index contributed by atoms with van der Waals surface area (Å²) in [6.07, 6.45) is 0. The number of hydrogen-bond acceptors (Lipinski definition) is 8. The fraction of sp³-hybridized carbons (Fsp3) is 0.300. The van der Waals surface area contributed by atoms with Crippen molar-refractivity contribution in [2.24, 2.45) is 20.5 Å². The summed E-state index contributed by atoms with van der Waals surface area (Å²) in [6.45, 7) is 18.0. The molecule has 0 heterocycles. The fourth-order valence-corrected chi connectivity index (χ4v) is 5.18. The smallest absolute Gasteiger partial charge is 0.258 e. The van der Waals surface area contributed by atoms with Crippen LogP contribution in [0.15, 0.2) is 69.0 Å². The summed E-state index contributed by atoms with van der Waals surface area (Å²) in [5.41, 5.74) is 11.2. The van der Waals surface area contributed by atoms with Gasteiger partial charge in [0.2, 0.25) is 12.1 Å². The minimum atomic E-state index is -1.31. The third-order valence-electron chi connectivity index (χ3n) is 8.57. The second-order valence-corrected chi connectivity index (χ2v) is 12.8. The zero-order valence-corrected chi connectivity index (χ0v) is 37.0. The van der Waals surface area contributed by atoms with Gasteiger partial charge in [0.25, 0.3) is 11.8 Å². The Morgan fingerprint density at radius 2 is 0.827 bits per heavy atom. The number of benzene rings is 4. The SMILES string of the molecule is CC(=O)C(N=Nc1c[c-]c(-c2[c-]cc(N=NC(C(C)=O)C(=O)Nc3cc(C)c(C)cc3C)c(C)c2)cc1C)C(=O)Nc1cc(C)c(C)cc1C.[Y].[Y]. The van der Waals surface area contributed by atoms with E-state index in [1.807, 2.05) is 91.8 Å². The molecule has 4 aromatic carbocycles. The molecule has 2 atom stereocenters. The number of rotatable bonds is 11. The van der Waals surface area contributed by atoms with E-state index in [2.05, 4.69) is 43.2 Å². The molecule has 0 bridgehead atoms. The van der Waals surface area contributed by atoms with E-state index in [1.165, 1.54) is 13.8 Å². The molecule has 0 aliphatic rings. The minimum absolute atomic E-state index is 0. The summed E-state index contributed by atoms with van der Waals surface area (Å²) < 4.78 is 0. The van der Waals surface area contributed by atoms with Gasteiger partial charge in [-0.25, -0.2) is 21.4 Å². The number of carbonyl (C=O) groups is 4. The van der Waals surface area contributed by atoms with Crippen molar-refractivity contribution >= 4 is 46.1 Å². The Labute approximate surface area is 356 Å². The predicted molar refractivity (Wildman–Crippen MR) is 196 cm³/mol. The summed E-state index contributed by atoms with van der Waals surface area (Å²) in [5.74, 6) is -1.97. The zero-order valence-electron chi connectivity index (χ0n) is 31.4. The fourth-order valence-electron chi connectivity index (χ4n) is 5.18. The topological polar surface area (TPSA) is 142 Å².